The lowest BCUT2D eigenvalue weighted by atomic mass is 10.1. The molecule has 0 aromatic heterocycles. The minimum absolute atomic E-state index is 0.235. The molecule has 22 heavy (non-hydrogen) atoms. The zero-order valence-corrected chi connectivity index (χ0v) is 12.8. The molecule has 0 saturated carbocycles. The Morgan fingerprint density at radius 3 is 2.59 bits per heavy atom. The van der Waals surface area contributed by atoms with E-state index in [1.54, 1.807) is 19.1 Å². The second kappa shape index (κ2) is 7.61. The van der Waals surface area contributed by atoms with Crippen LogP contribution in [0.3, 0.4) is 0 Å². The summed E-state index contributed by atoms with van der Waals surface area (Å²) in [5.41, 5.74) is 2.46. The minimum atomic E-state index is -1.29. The fourth-order valence-corrected chi connectivity index (χ4v) is 2.03. The number of carbonyl (C=O) groups excluding carboxylic acids is 1. The number of ether oxygens (including phenoxy) is 2. The van der Waals surface area contributed by atoms with Gasteiger partial charge in [0, 0.05) is 0 Å². The Morgan fingerprint density at radius 2 is 1.91 bits per heavy atom. The van der Waals surface area contributed by atoms with E-state index in [9.17, 15) is 9.90 Å². The smallest absolute Gasteiger partial charge is 0.339 e. The van der Waals surface area contributed by atoms with Crippen molar-refractivity contribution < 1.29 is 19.4 Å². The van der Waals surface area contributed by atoms with Crippen molar-refractivity contribution in [3.05, 3.63) is 65.2 Å². The van der Waals surface area contributed by atoms with Crippen LogP contribution in [0.2, 0.25) is 0 Å². The molecule has 4 nitrogen and oxygen atoms in total. The fraction of sp³-hybridized carbons (Fsp3) is 0.278. The average Bonchev–Trinajstić information content (AvgIpc) is 2.54. The monoisotopic (exact) mass is 300 g/mol. The summed E-state index contributed by atoms with van der Waals surface area (Å²) in [7, 11) is 0. The first kappa shape index (κ1) is 16.0. The predicted octanol–water partition coefficient (Wildman–Crippen LogP) is 3.17. The maximum absolute atomic E-state index is 11.6. The van der Waals surface area contributed by atoms with Gasteiger partial charge in [-0.25, -0.2) is 4.79 Å². The number of benzene rings is 2. The second-order valence-electron chi connectivity index (χ2n) is 4.95. The molecule has 4 heteroatoms. The molecule has 1 N–H and O–H groups in total. The van der Waals surface area contributed by atoms with Gasteiger partial charge in [0.15, 0.2) is 6.10 Å². The normalized spacial score (nSPS) is 11.8. The summed E-state index contributed by atoms with van der Waals surface area (Å²) < 4.78 is 10.6. The van der Waals surface area contributed by atoms with E-state index in [4.69, 9.17) is 9.47 Å². The molecule has 0 fully saturated rings. The van der Waals surface area contributed by atoms with Crippen LogP contribution in [0.25, 0.3) is 0 Å². The average molecular weight is 300 g/mol. The van der Waals surface area contributed by atoms with Crippen LogP contribution in [0.4, 0.5) is 0 Å². The van der Waals surface area contributed by atoms with Crippen LogP contribution in [0.15, 0.2) is 48.5 Å². The third kappa shape index (κ3) is 4.09. The maximum atomic E-state index is 11.6. The summed E-state index contributed by atoms with van der Waals surface area (Å²) in [4.78, 5) is 11.6. The van der Waals surface area contributed by atoms with E-state index in [1.807, 2.05) is 43.3 Å². The summed E-state index contributed by atoms with van der Waals surface area (Å²) in [6.07, 6.45) is -1.29. The molecule has 0 spiro atoms. The standard InChI is InChI=1S/C18H20O4/c1-3-21-18(20)17(19)15-10-9-13(2)16(11-15)22-12-14-7-5-4-6-8-14/h4-11,17,19H,3,12H2,1-2H3. The molecule has 2 aromatic rings. The number of hydrogen-bond acceptors (Lipinski definition) is 4. The van der Waals surface area contributed by atoms with Crippen molar-refractivity contribution in [2.45, 2.75) is 26.6 Å². The van der Waals surface area contributed by atoms with E-state index in [1.165, 1.54) is 0 Å². The summed E-state index contributed by atoms with van der Waals surface area (Å²) in [6, 6.07) is 15.0. The van der Waals surface area contributed by atoms with E-state index in [0.29, 0.717) is 17.9 Å². The molecule has 2 aromatic carbocycles. The van der Waals surface area contributed by atoms with Gasteiger partial charge in [0.2, 0.25) is 0 Å². The van der Waals surface area contributed by atoms with E-state index in [0.717, 1.165) is 11.1 Å². The number of aliphatic hydroxyl groups excluding tert-OH is 1. The zero-order valence-electron chi connectivity index (χ0n) is 12.8. The number of hydrogen-bond donors (Lipinski definition) is 1. The Kier molecular flexibility index (Phi) is 5.55. The molecular formula is C18H20O4. The van der Waals surface area contributed by atoms with Crippen molar-refractivity contribution in [2.24, 2.45) is 0 Å². The number of esters is 1. The second-order valence-corrected chi connectivity index (χ2v) is 4.95. The maximum Gasteiger partial charge on any atom is 0.339 e. The first-order chi connectivity index (χ1) is 10.6. The molecule has 2 rings (SSSR count). The van der Waals surface area contributed by atoms with Gasteiger partial charge in [-0.2, -0.15) is 0 Å². The fourth-order valence-electron chi connectivity index (χ4n) is 2.03. The van der Waals surface area contributed by atoms with Crippen LogP contribution < -0.4 is 4.74 Å². The Bertz CT molecular complexity index is 622. The molecule has 1 unspecified atom stereocenters. The van der Waals surface area contributed by atoms with Gasteiger partial charge in [-0.3, -0.25) is 0 Å². The van der Waals surface area contributed by atoms with Crippen molar-refractivity contribution in [1.82, 2.24) is 0 Å². The molecule has 0 aliphatic heterocycles. The van der Waals surface area contributed by atoms with Gasteiger partial charge in [0.05, 0.1) is 6.61 Å². The quantitative estimate of drug-likeness (QED) is 0.833. The Labute approximate surface area is 130 Å². The minimum Gasteiger partial charge on any atom is -0.489 e. The van der Waals surface area contributed by atoms with Gasteiger partial charge in [-0.1, -0.05) is 42.5 Å². The highest BCUT2D eigenvalue weighted by Gasteiger charge is 2.19. The third-order valence-electron chi connectivity index (χ3n) is 3.27. The number of aliphatic hydroxyl groups is 1. The van der Waals surface area contributed by atoms with E-state index >= 15 is 0 Å². The zero-order chi connectivity index (χ0) is 15.9. The molecule has 1 atom stereocenters. The molecule has 0 aliphatic rings. The van der Waals surface area contributed by atoms with Crippen molar-refractivity contribution in [3.63, 3.8) is 0 Å². The molecule has 116 valence electrons. The Hall–Kier alpha value is -2.33. The molecule has 0 bridgehead atoms. The lowest BCUT2D eigenvalue weighted by molar-refractivity contribution is -0.153. The predicted molar refractivity (Wildman–Crippen MR) is 83.5 cm³/mol. The van der Waals surface area contributed by atoms with Gasteiger partial charge >= 0.3 is 5.97 Å². The number of carbonyl (C=O) groups is 1. The topological polar surface area (TPSA) is 55.8 Å². The van der Waals surface area contributed by atoms with Crippen LogP contribution in [0.5, 0.6) is 5.75 Å². The van der Waals surface area contributed by atoms with Gasteiger partial charge in [0.1, 0.15) is 12.4 Å². The lowest BCUT2D eigenvalue weighted by Gasteiger charge is -2.14. The van der Waals surface area contributed by atoms with Crippen LogP contribution in [0.1, 0.15) is 29.7 Å². The molecule has 0 radical (unpaired) electrons. The van der Waals surface area contributed by atoms with Crippen molar-refractivity contribution in [2.75, 3.05) is 6.61 Å². The lowest BCUT2D eigenvalue weighted by Crippen LogP contribution is -2.15. The van der Waals surface area contributed by atoms with Gasteiger partial charge in [-0.05, 0) is 36.6 Å². The van der Waals surface area contributed by atoms with Gasteiger partial charge in [0.25, 0.3) is 0 Å². The highest BCUT2D eigenvalue weighted by atomic mass is 16.5. The summed E-state index contributed by atoms with van der Waals surface area (Å²) in [5.74, 6) is -0.00920. The van der Waals surface area contributed by atoms with Crippen molar-refractivity contribution >= 4 is 5.97 Å². The van der Waals surface area contributed by atoms with Crippen LogP contribution in [-0.4, -0.2) is 17.7 Å². The van der Waals surface area contributed by atoms with E-state index in [-0.39, 0.29) is 6.61 Å². The van der Waals surface area contributed by atoms with E-state index < -0.39 is 12.1 Å². The molecule has 0 amide bonds. The van der Waals surface area contributed by atoms with Crippen molar-refractivity contribution in [1.29, 1.82) is 0 Å². The highest BCUT2D eigenvalue weighted by molar-refractivity contribution is 5.76. The summed E-state index contributed by atoms with van der Waals surface area (Å²) in [6.45, 7) is 4.29. The van der Waals surface area contributed by atoms with Gasteiger partial charge < -0.3 is 14.6 Å². The van der Waals surface area contributed by atoms with E-state index in [2.05, 4.69) is 0 Å². The first-order valence-corrected chi connectivity index (χ1v) is 7.23. The molecule has 0 heterocycles. The third-order valence-corrected chi connectivity index (χ3v) is 3.27. The number of aryl methyl sites for hydroxylation is 1. The van der Waals surface area contributed by atoms with Gasteiger partial charge in [-0.15, -0.1) is 0 Å². The molecule has 0 aliphatic carbocycles. The summed E-state index contributed by atoms with van der Waals surface area (Å²) in [5, 5.41) is 9.99. The molecule has 0 saturated heterocycles. The van der Waals surface area contributed by atoms with Crippen molar-refractivity contribution in [3.8, 4) is 5.75 Å². The largest absolute Gasteiger partial charge is 0.489 e. The molecular weight excluding hydrogens is 280 g/mol. The first-order valence-electron chi connectivity index (χ1n) is 7.23. The highest BCUT2D eigenvalue weighted by Crippen LogP contribution is 2.25. The van der Waals surface area contributed by atoms with Crippen LogP contribution in [0, 0.1) is 6.92 Å². The van der Waals surface area contributed by atoms with Crippen LogP contribution in [-0.2, 0) is 16.1 Å². The number of rotatable bonds is 6. The Balaban J connectivity index is 2.11. The van der Waals surface area contributed by atoms with Crippen LogP contribution >= 0.6 is 0 Å². The SMILES string of the molecule is CCOC(=O)C(O)c1ccc(C)c(OCc2ccccc2)c1. The summed E-state index contributed by atoms with van der Waals surface area (Å²) >= 11 is 0. The Morgan fingerprint density at radius 1 is 1.18 bits per heavy atom.